The highest BCUT2D eigenvalue weighted by atomic mass is 19.2. The van der Waals surface area contributed by atoms with Crippen molar-refractivity contribution in [2.24, 2.45) is 0 Å². The predicted octanol–water partition coefficient (Wildman–Crippen LogP) is 8.01. The van der Waals surface area contributed by atoms with Gasteiger partial charge in [-0.2, -0.15) is 0 Å². The smallest absolute Gasteiger partial charge is 0.341 e. The maximum absolute atomic E-state index is 15.1. The Morgan fingerprint density at radius 1 is 0.889 bits per heavy atom. The molecule has 3 nitrogen and oxygen atoms in total. The molecule has 0 heterocycles. The molecule has 0 aromatic heterocycles. The number of carbonyl (C=O) groups is 1. The average Bonchev–Trinajstić information content (AvgIpc) is 2.87. The zero-order valence-corrected chi connectivity index (χ0v) is 20.7. The Bertz CT molecular complexity index is 1200. The molecule has 6 heteroatoms. The van der Waals surface area contributed by atoms with Gasteiger partial charge in [-0.3, -0.25) is 0 Å². The summed E-state index contributed by atoms with van der Waals surface area (Å²) in [6.45, 7) is 4.28. The minimum absolute atomic E-state index is 0.146. The zero-order chi connectivity index (χ0) is 25.7. The summed E-state index contributed by atoms with van der Waals surface area (Å²) in [5.74, 6) is -2.90. The van der Waals surface area contributed by atoms with Crippen molar-refractivity contribution in [1.82, 2.24) is 0 Å². The van der Waals surface area contributed by atoms with E-state index >= 15 is 8.78 Å². The fraction of sp³-hybridized carbons (Fsp3) is 0.367. The van der Waals surface area contributed by atoms with Gasteiger partial charge in [-0.25, -0.2) is 18.0 Å². The molecule has 1 aliphatic carbocycles. The molecule has 0 amide bonds. The van der Waals surface area contributed by atoms with Gasteiger partial charge in [0.25, 0.3) is 0 Å². The van der Waals surface area contributed by atoms with Gasteiger partial charge in [0.15, 0.2) is 11.6 Å². The van der Waals surface area contributed by atoms with E-state index in [0.29, 0.717) is 49.2 Å². The Morgan fingerprint density at radius 3 is 2.25 bits per heavy atom. The molecule has 0 saturated heterocycles. The first-order valence-corrected chi connectivity index (χ1v) is 12.6. The standard InChI is InChI=1S/C30H31F3O3/c1-3-5-19-6-8-20(9-7-19)24-16-17-25(29(33)28(24)32)21-10-12-22(13-11-21)36-30(34)26-15-14-23(35-4-2)18-27(26)31/h6-9,14-18,21-22H,3-5,10-13H2,1-2H3. The van der Waals surface area contributed by atoms with Gasteiger partial charge in [0.2, 0.25) is 0 Å². The molecule has 0 bridgehead atoms. The third kappa shape index (κ3) is 5.75. The van der Waals surface area contributed by atoms with Crippen molar-refractivity contribution in [2.45, 2.75) is 64.4 Å². The lowest BCUT2D eigenvalue weighted by atomic mass is 9.82. The molecule has 3 aromatic rings. The Labute approximate surface area is 210 Å². The van der Waals surface area contributed by atoms with E-state index in [-0.39, 0.29) is 17.0 Å². The molecule has 1 saturated carbocycles. The van der Waals surface area contributed by atoms with Crippen LogP contribution in [0.4, 0.5) is 13.2 Å². The maximum atomic E-state index is 15.1. The second-order valence-electron chi connectivity index (χ2n) is 9.23. The monoisotopic (exact) mass is 496 g/mol. The van der Waals surface area contributed by atoms with E-state index in [4.69, 9.17) is 9.47 Å². The molecule has 0 aliphatic heterocycles. The van der Waals surface area contributed by atoms with Gasteiger partial charge in [-0.15, -0.1) is 0 Å². The first kappa shape index (κ1) is 25.8. The van der Waals surface area contributed by atoms with Gasteiger partial charge in [-0.1, -0.05) is 49.7 Å². The normalized spacial score (nSPS) is 17.6. The van der Waals surface area contributed by atoms with E-state index in [2.05, 4.69) is 6.92 Å². The van der Waals surface area contributed by atoms with Crippen LogP contribution in [0.3, 0.4) is 0 Å². The second kappa shape index (κ2) is 11.6. The van der Waals surface area contributed by atoms with Crippen LogP contribution in [-0.2, 0) is 11.2 Å². The van der Waals surface area contributed by atoms with Crippen LogP contribution in [0.2, 0.25) is 0 Å². The minimum Gasteiger partial charge on any atom is -0.494 e. The van der Waals surface area contributed by atoms with Crippen molar-refractivity contribution >= 4 is 5.97 Å². The summed E-state index contributed by atoms with van der Waals surface area (Å²) in [5, 5.41) is 0. The number of hydrogen-bond acceptors (Lipinski definition) is 3. The van der Waals surface area contributed by atoms with E-state index in [1.54, 1.807) is 19.1 Å². The summed E-state index contributed by atoms with van der Waals surface area (Å²) in [7, 11) is 0. The van der Waals surface area contributed by atoms with Gasteiger partial charge in [0.05, 0.1) is 12.2 Å². The highest BCUT2D eigenvalue weighted by Crippen LogP contribution is 2.38. The number of halogens is 3. The summed E-state index contributed by atoms with van der Waals surface area (Å²) in [4.78, 5) is 12.5. The molecular weight excluding hydrogens is 465 g/mol. The van der Waals surface area contributed by atoms with Crippen LogP contribution in [0.5, 0.6) is 5.75 Å². The number of esters is 1. The molecule has 0 spiro atoms. The van der Waals surface area contributed by atoms with E-state index < -0.39 is 29.5 Å². The highest BCUT2D eigenvalue weighted by Gasteiger charge is 2.29. The Morgan fingerprint density at radius 2 is 1.61 bits per heavy atom. The average molecular weight is 497 g/mol. The van der Waals surface area contributed by atoms with Crippen LogP contribution in [0.25, 0.3) is 11.1 Å². The summed E-state index contributed by atoms with van der Waals surface area (Å²) in [6, 6.07) is 14.9. The van der Waals surface area contributed by atoms with Gasteiger partial charge in [0, 0.05) is 11.6 Å². The van der Waals surface area contributed by atoms with Crippen molar-refractivity contribution in [2.75, 3.05) is 6.61 Å². The molecule has 3 aromatic carbocycles. The molecular formula is C30H31F3O3. The summed E-state index contributed by atoms with van der Waals surface area (Å²) in [5.41, 5.74) is 2.27. The van der Waals surface area contributed by atoms with Gasteiger partial charge >= 0.3 is 5.97 Å². The Kier molecular flexibility index (Phi) is 8.34. The number of benzene rings is 3. The SMILES string of the molecule is CCCc1ccc(-c2ccc(C3CCC(OC(=O)c4ccc(OCC)cc4F)CC3)c(F)c2F)cc1. The highest BCUT2D eigenvalue weighted by molar-refractivity contribution is 5.90. The fourth-order valence-electron chi connectivity index (χ4n) is 4.87. The lowest BCUT2D eigenvalue weighted by Gasteiger charge is -2.29. The Hall–Kier alpha value is -3.28. The van der Waals surface area contributed by atoms with Crippen LogP contribution >= 0.6 is 0 Å². The Balaban J connectivity index is 1.38. The van der Waals surface area contributed by atoms with Crippen LogP contribution < -0.4 is 4.74 Å². The van der Waals surface area contributed by atoms with E-state index in [0.717, 1.165) is 18.9 Å². The summed E-state index contributed by atoms with van der Waals surface area (Å²) < 4.78 is 55.1. The van der Waals surface area contributed by atoms with Gasteiger partial charge < -0.3 is 9.47 Å². The molecule has 1 aliphatic rings. The van der Waals surface area contributed by atoms with Crippen molar-refractivity contribution in [1.29, 1.82) is 0 Å². The van der Waals surface area contributed by atoms with E-state index in [9.17, 15) is 9.18 Å². The number of carbonyl (C=O) groups excluding carboxylic acids is 1. The predicted molar refractivity (Wildman–Crippen MR) is 134 cm³/mol. The quantitative estimate of drug-likeness (QED) is 0.296. The topological polar surface area (TPSA) is 35.5 Å². The van der Waals surface area contributed by atoms with Crippen LogP contribution in [-0.4, -0.2) is 18.7 Å². The first-order chi connectivity index (χ1) is 17.4. The minimum atomic E-state index is -0.838. The van der Waals surface area contributed by atoms with Crippen LogP contribution in [0.15, 0.2) is 54.6 Å². The molecule has 0 atom stereocenters. The third-order valence-electron chi connectivity index (χ3n) is 6.78. The van der Waals surface area contributed by atoms with Gasteiger partial charge in [-0.05, 0) is 73.8 Å². The molecule has 36 heavy (non-hydrogen) atoms. The van der Waals surface area contributed by atoms with Crippen molar-refractivity contribution < 1.29 is 27.4 Å². The summed E-state index contributed by atoms with van der Waals surface area (Å²) in [6.07, 6.45) is 3.66. The van der Waals surface area contributed by atoms with E-state index in [1.807, 2.05) is 24.3 Å². The van der Waals surface area contributed by atoms with Crippen LogP contribution in [0, 0.1) is 17.5 Å². The molecule has 0 N–H and O–H groups in total. The molecule has 1 fully saturated rings. The number of rotatable bonds is 8. The fourth-order valence-corrected chi connectivity index (χ4v) is 4.87. The van der Waals surface area contributed by atoms with Crippen molar-refractivity contribution in [3.05, 3.63) is 88.7 Å². The van der Waals surface area contributed by atoms with Crippen LogP contribution in [0.1, 0.15) is 73.4 Å². The first-order valence-electron chi connectivity index (χ1n) is 12.6. The molecule has 0 radical (unpaired) electrons. The van der Waals surface area contributed by atoms with Crippen molar-refractivity contribution in [3.63, 3.8) is 0 Å². The lowest BCUT2D eigenvalue weighted by molar-refractivity contribution is 0.0189. The maximum Gasteiger partial charge on any atom is 0.341 e. The second-order valence-corrected chi connectivity index (χ2v) is 9.23. The lowest BCUT2D eigenvalue weighted by Crippen LogP contribution is -2.24. The number of aryl methyl sites for hydroxylation is 1. The third-order valence-corrected chi connectivity index (χ3v) is 6.78. The zero-order valence-electron chi connectivity index (χ0n) is 20.7. The van der Waals surface area contributed by atoms with Gasteiger partial charge in [0.1, 0.15) is 17.7 Å². The molecule has 4 rings (SSSR count). The van der Waals surface area contributed by atoms with E-state index in [1.165, 1.54) is 17.7 Å². The number of ether oxygens (including phenoxy) is 2. The largest absolute Gasteiger partial charge is 0.494 e. The molecule has 0 unspecified atom stereocenters. The number of hydrogen-bond donors (Lipinski definition) is 0. The summed E-state index contributed by atoms with van der Waals surface area (Å²) >= 11 is 0. The molecule has 190 valence electrons. The van der Waals surface area contributed by atoms with Crippen molar-refractivity contribution in [3.8, 4) is 16.9 Å².